The van der Waals surface area contributed by atoms with Gasteiger partial charge >= 0.3 is 0 Å². The van der Waals surface area contributed by atoms with E-state index >= 15 is 0 Å². The molecule has 0 unspecified atom stereocenters. The average molecular weight is 384 g/mol. The molecule has 0 atom stereocenters. The topological polar surface area (TPSA) is 89.8 Å². The number of nitrogens with zero attached hydrogens (tertiary/aromatic N) is 4. The van der Waals surface area contributed by atoms with E-state index in [0.717, 1.165) is 0 Å². The van der Waals surface area contributed by atoms with E-state index < -0.39 is 10.0 Å². The molecule has 0 spiro atoms. The van der Waals surface area contributed by atoms with Crippen molar-refractivity contribution in [3.8, 4) is 5.69 Å². The molecule has 1 N–H and O–H groups in total. The van der Waals surface area contributed by atoms with Gasteiger partial charge in [-0.15, -0.1) is 5.10 Å². The molecule has 0 amide bonds. The summed E-state index contributed by atoms with van der Waals surface area (Å²) in [6.45, 7) is 1.74. The van der Waals surface area contributed by atoms with Crippen LogP contribution < -0.4 is 4.72 Å². The van der Waals surface area contributed by atoms with Crippen molar-refractivity contribution in [2.75, 3.05) is 4.72 Å². The Bertz CT molecular complexity index is 984. The third-order valence-corrected chi connectivity index (χ3v) is 4.91. The summed E-state index contributed by atoms with van der Waals surface area (Å²) in [6, 6.07) is 10.8. The first-order valence-electron chi connectivity index (χ1n) is 6.69. The number of aromatic nitrogens is 4. The Morgan fingerprint density at radius 2 is 1.79 bits per heavy atom. The van der Waals surface area contributed by atoms with Gasteiger partial charge < -0.3 is 0 Å². The molecule has 10 heteroatoms. The lowest BCUT2D eigenvalue weighted by atomic mass is 10.3. The highest BCUT2D eigenvalue weighted by molar-refractivity contribution is 7.92. The molecule has 0 radical (unpaired) electrons. The number of halogens is 2. The minimum Gasteiger partial charge on any atom is -0.280 e. The Balaban J connectivity index is 1.95. The van der Waals surface area contributed by atoms with Gasteiger partial charge in [-0.05, 0) is 53.7 Å². The van der Waals surface area contributed by atoms with Crippen molar-refractivity contribution in [1.82, 2.24) is 20.2 Å². The highest BCUT2D eigenvalue weighted by Gasteiger charge is 2.16. The van der Waals surface area contributed by atoms with E-state index in [1.54, 1.807) is 31.2 Å². The van der Waals surface area contributed by atoms with E-state index in [1.807, 2.05) is 0 Å². The Kier molecular flexibility index (Phi) is 4.44. The maximum atomic E-state index is 12.5. The van der Waals surface area contributed by atoms with Crippen molar-refractivity contribution >= 4 is 38.9 Å². The predicted octanol–water partition coefficient (Wildman–Crippen LogP) is 3.08. The van der Waals surface area contributed by atoms with Crippen LogP contribution in [0.5, 0.6) is 0 Å². The molecule has 0 aliphatic carbocycles. The summed E-state index contributed by atoms with van der Waals surface area (Å²) >= 11 is 11.7. The van der Waals surface area contributed by atoms with Gasteiger partial charge in [0.1, 0.15) is 0 Å². The fraction of sp³-hybridized carbons (Fsp3) is 0.0714. The van der Waals surface area contributed by atoms with Crippen LogP contribution in [0.2, 0.25) is 10.0 Å². The summed E-state index contributed by atoms with van der Waals surface area (Å²) in [5.74, 6) is 0.580. The molecule has 0 bridgehead atoms. The van der Waals surface area contributed by atoms with Crippen LogP contribution in [0.15, 0.2) is 47.4 Å². The number of benzene rings is 2. The SMILES string of the molecule is Cc1nnnn1-c1cccc(NS(=O)(=O)c2cc(Cl)cc(Cl)c2)c1. The predicted molar refractivity (Wildman–Crippen MR) is 91.2 cm³/mol. The highest BCUT2D eigenvalue weighted by atomic mass is 35.5. The van der Waals surface area contributed by atoms with Crippen LogP contribution in [0.25, 0.3) is 5.69 Å². The zero-order valence-corrected chi connectivity index (χ0v) is 14.6. The fourth-order valence-corrected chi connectivity index (χ4v) is 3.84. The summed E-state index contributed by atoms with van der Waals surface area (Å²) < 4.78 is 29.0. The molecule has 3 rings (SSSR count). The van der Waals surface area contributed by atoms with Crippen LogP contribution in [-0.2, 0) is 10.0 Å². The van der Waals surface area contributed by atoms with Gasteiger partial charge in [0.05, 0.1) is 16.3 Å². The second-order valence-electron chi connectivity index (χ2n) is 4.90. The number of sulfonamides is 1. The smallest absolute Gasteiger partial charge is 0.261 e. The molecule has 0 aliphatic heterocycles. The first kappa shape index (κ1) is 16.7. The zero-order valence-electron chi connectivity index (χ0n) is 12.3. The van der Waals surface area contributed by atoms with Crippen LogP contribution in [0.3, 0.4) is 0 Å². The minimum atomic E-state index is -3.83. The monoisotopic (exact) mass is 383 g/mol. The Hall–Kier alpha value is -2.16. The van der Waals surface area contributed by atoms with Crippen LogP contribution >= 0.6 is 23.2 Å². The van der Waals surface area contributed by atoms with Crippen LogP contribution in [0, 0.1) is 6.92 Å². The number of hydrogen-bond acceptors (Lipinski definition) is 5. The second kappa shape index (κ2) is 6.39. The molecular weight excluding hydrogens is 373 g/mol. The molecule has 1 aromatic heterocycles. The lowest BCUT2D eigenvalue weighted by molar-refractivity contribution is 0.601. The van der Waals surface area contributed by atoms with E-state index in [9.17, 15) is 8.42 Å². The average Bonchev–Trinajstić information content (AvgIpc) is 2.92. The van der Waals surface area contributed by atoms with E-state index in [-0.39, 0.29) is 14.9 Å². The largest absolute Gasteiger partial charge is 0.280 e. The summed E-state index contributed by atoms with van der Waals surface area (Å²) in [4.78, 5) is -0.0241. The minimum absolute atomic E-state index is 0.0241. The summed E-state index contributed by atoms with van der Waals surface area (Å²) in [7, 11) is -3.83. The summed E-state index contributed by atoms with van der Waals surface area (Å²) in [5.41, 5.74) is 0.986. The second-order valence-corrected chi connectivity index (χ2v) is 7.45. The van der Waals surface area contributed by atoms with E-state index in [2.05, 4.69) is 20.2 Å². The third kappa shape index (κ3) is 3.50. The zero-order chi connectivity index (χ0) is 17.3. The highest BCUT2D eigenvalue weighted by Crippen LogP contribution is 2.24. The molecule has 24 heavy (non-hydrogen) atoms. The molecule has 124 valence electrons. The lowest BCUT2D eigenvalue weighted by Crippen LogP contribution is -2.13. The molecule has 0 saturated heterocycles. The van der Waals surface area contributed by atoms with E-state index in [4.69, 9.17) is 23.2 Å². The van der Waals surface area contributed by atoms with Crippen molar-refractivity contribution < 1.29 is 8.42 Å². The number of tetrazole rings is 1. The number of anilines is 1. The van der Waals surface area contributed by atoms with E-state index in [0.29, 0.717) is 17.2 Å². The molecule has 0 saturated carbocycles. The Morgan fingerprint density at radius 3 is 2.42 bits per heavy atom. The van der Waals surface area contributed by atoms with Gasteiger partial charge in [-0.25, -0.2) is 8.42 Å². The van der Waals surface area contributed by atoms with Crippen molar-refractivity contribution in [3.05, 3.63) is 58.3 Å². The molecule has 7 nitrogen and oxygen atoms in total. The lowest BCUT2D eigenvalue weighted by Gasteiger charge is -2.10. The quantitative estimate of drug-likeness (QED) is 0.747. The van der Waals surface area contributed by atoms with Gasteiger partial charge in [0.15, 0.2) is 5.82 Å². The molecule has 0 aliphatic rings. The van der Waals surface area contributed by atoms with Crippen LogP contribution in [0.4, 0.5) is 5.69 Å². The number of hydrogen-bond donors (Lipinski definition) is 1. The summed E-state index contributed by atoms with van der Waals surface area (Å²) in [6.07, 6.45) is 0. The van der Waals surface area contributed by atoms with Gasteiger partial charge in [-0.1, -0.05) is 29.3 Å². The number of rotatable bonds is 4. The Labute approximate surface area is 148 Å². The normalized spacial score (nSPS) is 11.5. The van der Waals surface area contributed by atoms with Gasteiger partial charge in [0.25, 0.3) is 10.0 Å². The van der Waals surface area contributed by atoms with E-state index in [1.165, 1.54) is 22.9 Å². The van der Waals surface area contributed by atoms with Crippen LogP contribution in [-0.4, -0.2) is 28.6 Å². The molecule has 0 fully saturated rings. The molecule has 2 aromatic carbocycles. The number of aryl methyl sites for hydroxylation is 1. The van der Waals surface area contributed by atoms with Gasteiger partial charge in [0.2, 0.25) is 0 Å². The van der Waals surface area contributed by atoms with Crippen molar-refractivity contribution in [3.63, 3.8) is 0 Å². The molecule has 3 aromatic rings. The fourth-order valence-electron chi connectivity index (χ4n) is 2.07. The van der Waals surface area contributed by atoms with Crippen molar-refractivity contribution in [2.24, 2.45) is 0 Å². The first-order chi connectivity index (χ1) is 11.3. The first-order valence-corrected chi connectivity index (χ1v) is 8.93. The Morgan fingerprint density at radius 1 is 1.08 bits per heavy atom. The standard InChI is InChI=1S/C14H11Cl2N5O2S/c1-9-17-19-20-21(9)13-4-2-3-12(8-13)18-24(22,23)14-6-10(15)5-11(16)7-14/h2-8,18H,1H3. The molecular formula is C14H11Cl2N5O2S. The maximum absolute atomic E-state index is 12.5. The third-order valence-electron chi connectivity index (χ3n) is 3.11. The maximum Gasteiger partial charge on any atom is 0.261 e. The van der Waals surface area contributed by atoms with Gasteiger partial charge in [-0.3, -0.25) is 4.72 Å². The molecule has 1 heterocycles. The van der Waals surface area contributed by atoms with Crippen molar-refractivity contribution in [1.29, 1.82) is 0 Å². The van der Waals surface area contributed by atoms with Gasteiger partial charge in [0, 0.05) is 10.0 Å². The summed E-state index contributed by atoms with van der Waals surface area (Å²) in [5, 5.41) is 11.7. The van der Waals surface area contributed by atoms with Crippen LogP contribution in [0.1, 0.15) is 5.82 Å². The van der Waals surface area contributed by atoms with Crippen molar-refractivity contribution in [2.45, 2.75) is 11.8 Å². The number of nitrogens with one attached hydrogen (secondary N) is 1. The van der Waals surface area contributed by atoms with Gasteiger partial charge in [-0.2, -0.15) is 4.68 Å².